The lowest BCUT2D eigenvalue weighted by Crippen LogP contribution is -2.52. The first-order valence-electron chi connectivity index (χ1n) is 9.17. The molecule has 5 nitrogen and oxygen atoms in total. The second-order valence-electron chi connectivity index (χ2n) is 6.76. The number of carbonyl (C=O) groups excluding carboxylic acids is 2. The summed E-state index contributed by atoms with van der Waals surface area (Å²) in [6, 6.07) is 16.2. The lowest BCUT2D eigenvalue weighted by molar-refractivity contribution is -0.134. The Morgan fingerprint density at radius 1 is 1.18 bits per heavy atom. The van der Waals surface area contributed by atoms with Crippen molar-refractivity contribution in [3.63, 3.8) is 0 Å². The first-order chi connectivity index (χ1) is 13.1. The van der Waals surface area contributed by atoms with E-state index < -0.39 is 6.04 Å². The Morgan fingerprint density at radius 2 is 1.86 bits per heavy atom. The fourth-order valence-electron chi connectivity index (χ4n) is 3.32. The van der Waals surface area contributed by atoms with Gasteiger partial charge in [-0.2, -0.15) is 0 Å². The molecule has 1 fully saturated rings. The maximum atomic E-state index is 12.9. The molecule has 0 spiro atoms. The summed E-state index contributed by atoms with van der Waals surface area (Å²) in [6.07, 6.45) is 0.213. The SMILES string of the molecule is C[C@@H]1CNCCN1C(=O)CC(NC(=O)c1ccccc1Cl)c1ccccc1.Cl. The average molecular weight is 422 g/mol. The van der Waals surface area contributed by atoms with Gasteiger partial charge in [-0.25, -0.2) is 0 Å². The van der Waals surface area contributed by atoms with Gasteiger partial charge in [-0.3, -0.25) is 9.59 Å². The molecule has 1 aliphatic heterocycles. The van der Waals surface area contributed by atoms with E-state index in [1.807, 2.05) is 42.2 Å². The van der Waals surface area contributed by atoms with Gasteiger partial charge in [-0.05, 0) is 24.6 Å². The van der Waals surface area contributed by atoms with E-state index in [0.717, 1.165) is 18.7 Å². The van der Waals surface area contributed by atoms with Crippen LogP contribution in [0.1, 0.15) is 35.3 Å². The Kier molecular flexibility index (Phi) is 8.30. The summed E-state index contributed by atoms with van der Waals surface area (Å²) < 4.78 is 0. The first-order valence-corrected chi connectivity index (χ1v) is 9.54. The van der Waals surface area contributed by atoms with Gasteiger partial charge in [0, 0.05) is 25.7 Å². The zero-order chi connectivity index (χ0) is 19.2. The van der Waals surface area contributed by atoms with Crippen LogP contribution in [0.5, 0.6) is 0 Å². The molecular weight excluding hydrogens is 397 g/mol. The molecule has 1 unspecified atom stereocenters. The Labute approximate surface area is 176 Å². The number of carbonyl (C=O) groups is 2. The molecule has 28 heavy (non-hydrogen) atoms. The lowest BCUT2D eigenvalue weighted by Gasteiger charge is -2.35. The highest BCUT2D eigenvalue weighted by Gasteiger charge is 2.27. The molecule has 2 aromatic rings. The molecule has 7 heteroatoms. The van der Waals surface area contributed by atoms with Gasteiger partial charge in [0.05, 0.1) is 23.0 Å². The molecule has 150 valence electrons. The highest BCUT2D eigenvalue weighted by Crippen LogP contribution is 2.22. The molecule has 0 bridgehead atoms. The number of benzene rings is 2. The predicted octanol–water partition coefficient (Wildman–Crippen LogP) is 3.44. The lowest BCUT2D eigenvalue weighted by atomic mass is 10.0. The summed E-state index contributed by atoms with van der Waals surface area (Å²) in [7, 11) is 0. The van der Waals surface area contributed by atoms with Crippen LogP contribution in [0, 0.1) is 0 Å². The van der Waals surface area contributed by atoms with Gasteiger partial charge >= 0.3 is 0 Å². The molecule has 3 rings (SSSR count). The van der Waals surface area contributed by atoms with E-state index in [1.165, 1.54) is 0 Å². The minimum atomic E-state index is -0.412. The number of hydrogen-bond acceptors (Lipinski definition) is 3. The summed E-state index contributed by atoms with van der Waals surface area (Å²) in [5, 5.41) is 6.67. The predicted molar refractivity (Wildman–Crippen MR) is 114 cm³/mol. The largest absolute Gasteiger partial charge is 0.345 e. The minimum absolute atomic E-state index is 0. The van der Waals surface area contributed by atoms with E-state index in [-0.39, 0.29) is 36.7 Å². The van der Waals surface area contributed by atoms with Gasteiger partial charge < -0.3 is 15.5 Å². The number of nitrogens with zero attached hydrogens (tertiary/aromatic N) is 1. The number of hydrogen-bond donors (Lipinski definition) is 2. The molecule has 2 amide bonds. The molecule has 0 aliphatic carbocycles. The van der Waals surface area contributed by atoms with Crippen LogP contribution in [0.15, 0.2) is 54.6 Å². The van der Waals surface area contributed by atoms with E-state index in [2.05, 4.69) is 10.6 Å². The van der Waals surface area contributed by atoms with E-state index in [0.29, 0.717) is 17.1 Å². The van der Waals surface area contributed by atoms with Gasteiger partial charge in [-0.15, -0.1) is 12.4 Å². The number of halogens is 2. The van der Waals surface area contributed by atoms with Crippen molar-refractivity contribution in [2.75, 3.05) is 19.6 Å². The Balaban J connectivity index is 0.00000280. The second-order valence-corrected chi connectivity index (χ2v) is 7.17. The fourth-order valence-corrected chi connectivity index (χ4v) is 3.54. The number of rotatable bonds is 5. The molecule has 0 aromatic heterocycles. The van der Waals surface area contributed by atoms with Crippen molar-refractivity contribution < 1.29 is 9.59 Å². The van der Waals surface area contributed by atoms with Crippen molar-refractivity contribution in [1.29, 1.82) is 0 Å². The molecular formula is C21H25Cl2N3O2. The molecule has 2 N–H and O–H groups in total. The molecule has 2 aromatic carbocycles. The summed E-state index contributed by atoms with van der Waals surface area (Å²) >= 11 is 6.15. The number of piperazine rings is 1. The fraction of sp³-hybridized carbons (Fsp3) is 0.333. The highest BCUT2D eigenvalue weighted by molar-refractivity contribution is 6.33. The standard InChI is InChI=1S/C21H24ClN3O2.ClH/c1-15-14-23-11-12-25(15)20(26)13-19(16-7-3-2-4-8-16)24-21(27)17-9-5-6-10-18(17)22;/h2-10,15,19,23H,11-14H2,1H3,(H,24,27);1H/t15-,19?;/m1./s1. The molecule has 1 saturated heterocycles. The van der Waals surface area contributed by atoms with Crippen LogP contribution < -0.4 is 10.6 Å². The monoisotopic (exact) mass is 421 g/mol. The van der Waals surface area contributed by atoms with Crippen LogP contribution in [0.3, 0.4) is 0 Å². The Bertz CT molecular complexity index is 801. The van der Waals surface area contributed by atoms with Crippen LogP contribution >= 0.6 is 24.0 Å². The molecule has 2 atom stereocenters. The second kappa shape index (κ2) is 10.5. The third kappa shape index (κ3) is 5.47. The summed E-state index contributed by atoms with van der Waals surface area (Å²) in [4.78, 5) is 27.5. The van der Waals surface area contributed by atoms with Crippen LogP contribution in [0.4, 0.5) is 0 Å². The van der Waals surface area contributed by atoms with Crippen molar-refractivity contribution >= 4 is 35.8 Å². The summed E-state index contributed by atoms with van der Waals surface area (Å²) in [5.74, 6) is -0.243. The van der Waals surface area contributed by atoms with Crippen molar-refractivity contribution in [3.8, 4) is 0 Å². The van der Waals surface area contributed by atoms with Crippen LogP contribution in [0.25, 0.3) is 0 Å². The molecule has 0 radical (unpaired) electrons. The van der Waals surface area contributed by atoms with Gasteiger partial charge in [0.1, 0.15) is 0 Å². The van der Waals surface area contributed by atoms with Crippen molar-refractivity contribution in [2.24, 2.45) is 0 Å². The zero-order valence-corrected chi connectivity index (χ0v) is 17.3. The Hall–Kier alpha value is -2.08. The molecule has 1 aliphatic rings. The van der Waals surface area contributed by atoms with E-state index >= 15 is 0 Å². The van der Waals surface area contributed by atoms with Gasteiger partial charge in [0.15, 0.2) is 0 Å². The summed E-state index contributed by atoms with van der Waals surface area (Å²) in [6.45, 7) is 4.29. The third-order valence-corrected chi connectivity index (χ3v) is 5.16. The van der Waals surface area contributed by atoms with E-state index in [9.17, 15) is 9.59 Å². The zero-order valence-electron chi connectivity index (χ0n) is 15.7. The quantitative estimate of drug-likeness (QED) is 0.776. The number of nitrogens with one attached hydrogen (secondary N) is 2. The molecule has 0 saturated carbocycles. The highest BCUT2D eigenvalue weighted by atomic mass is 35.5. The van der Waals surface area contributed by atoms with Crippen LogP contribution in [-0.4, -0.2) is 42.4 Å². The van der Waals surface area contributed by atoms with Crippen molar-refractivity contribution in [3.05, 3.63) is 70.7 Å². The van der Waals surface area contributed by atoms with Crippen molar-refractivity contribution in [1.82, 2.24) is 15.5 Å². The Morgan fingerprint density at radius 3 is 2.54 bits per heavy atom. The normalized spacial score (nSPS) is 17.4. The van der Waals surface area contributed by atoms with Gasteiger partial charge in [0.2, 0.25) is 5.91 Å². The van der Waals surface area contributed by atoms with E-state index in [1.54, 1.807) is 24.3 Å². The first kappa shape index (κ1) is 22.2. The maximum absolute atomic E-state index is 12.9. The average Bonchev–Trinajstić information content (AvgIpc) is 2.68. The smallest absolute Gasteiger partial charge is 0.253 e. The summed E-state index contributed by atoms with van der Waals surface area (Å²) in [5.41, 5.74) is 1.30. The maximum Gasteiger partial charge on any atom is 0.253 e. The van der Waals surface area contributed by atoms with Gasteiger partial charge in [0.25, 0.3) is 5.91 Å². The van der Waals surface area contributed by atoms with E-state index in [4.69, 9.17) is 11.6 Å². The molecule has 1 heterocycles. The van der Waals surface area contributed by atoms with Crippen LogP contribution in [0.2, 0.25) is 5.02 Å². The topological polar surface area (TPSA) is 61.4 Å². The minimum Gasteiger partial charge on any atom is -0.345 e. The van der Waals surface area contributed by atoms with Gasteiger partial charge in [-0.1, -0.05) is 54.1 Å². The van der Waals surface area contributed by atoms with Crippen molar-refractivity contribution in [2.45, 2.75) is 25.4 Å². The third-order valence-electron chi connectivity index (χ3n) is 4.83. The van der Waals surface area contributed by atoms with Crippen LogP contribution in [-0.2, 0) is 4.79 Å². The number of amides is 2.